The van der Waals surface area contributed by atoms with Gasteiger partial charge in [0.2, 0.25) is 11.8 Å². The van der Waals surface area contributed by atoms with Crippen LogP contribution >= 0.6 is 0 Å². The van der Waals surface area contributed by atoms with Crippen LogP contribution in [0, 0.1) is 5.41 Å². The monoisotopic (exact) mass is 333 g/mol. The van der Waals surface area contributed by atoms with Crippen molar-refractivity contribution in [3.63, 3.8) is 0 Å². The van der Waals surface area contributed by atoms with Crippen LogP contribution in [0.4, 0.5) is 0 Å². The van der Waals surface area contributed by atoms with E-state index < -0.39 is 11.5 Å². The fourth-order valence-corrected chi connectivity index (χ4v) is 1.84. The summed E-state index contributed by atoms with van der Waals surface area (Å²) in [4.78, 5) is 37.3. The second-order valence-corrected chi connectivity index (χ2v) is 7.06. The molecule has 0 aromatic heterocycles. The van der Waals surface area contributed by atoms with Crippen LogP contribution in [0.1, 0.15) is 43.6 Å². The van der Waals surface area contributed by atoms with Crippen LogP contribution in [0.3, 0.4) is 0 Å². The smallest absolute Gasteiger partial charge is 0.253 e. The Hall–Kier alpha value is -2.37. The Balaban J connectivity index is 2.55. The molecule has 1 aromatic carbocycles. The summed E-state index contributed by atoms with van der Waals surface area (Å²) >= 11 is 0. The number of carbonyl (C=O) groups excluding carboxylic acids is 3. The van der Waals surface area contributed by atoms with Crippen molar-refractivity contribution in [2.45, 2.75) is 40.3 Å². The molecule has 0 saturated heterocycles. The van der Waals surface area contributed by atoms with Crippen LogP contribution in [0.2, 0.25) is 0 Å². The van der Waals surface area contributed by atoms with Crippen molar-refractivity contribution >= 4 is 17.7 Å². The fourth-order valence-electron chi connectivity index (χ4n) is 1.84. The lowest BCUT2D eigenvalue weighted by Gasteiger charge is -2.21. The highest BCUT2D eigenvalue weighted by atomic mass is 16.2. The topological polar surface area (TPSA) is 78.5 Å². The molecule has 6 heteroatoms. The second kappa shape index (κ2) is 7.95. The van der Waals surface area contributed by atoms with Crippen molar-refractivity contribution < 1.29 is 14.4 Å². The first-order valence-corrected chi connectivity index (χ1v) is 7.91. The molecule has 24 heavy (non-hydrogen) atoms. The lowest BCUT2D eigenvalue weighted by Crippen LogP contribution is -2.48. The van der Waals surface area contributed by atoms with Crippen LogP contribution in [-0.2, 0) is 16.1 Å². The van der Waals surface area contributed by atoms with E-state index in [-0.39, 0.29) is 17.7 Å². The van der Waals surface area contributed by atoms with E-state index in [1.807, 2.05) is 0 Å². The van der Waals surface area contributed by atoms with Crippen LogP contribution < -0.4 is 10.6 Å². The summed E-state index contributed by atoms with van der Waals surface area (Å²) in [6, 6.07) is 6.46. The van der Waals surface area contributed by atoms with Crippen molar-refractivity contribution in [2.24, 2.45) is 5.41 Å². The van der Waals surface area contributed by atoms with Gasteiger partial charge in [-0.1, -0.05) is 32.9 Å². The van der Waals surface area contributed by atoms with Gasteiger partial charge in [-0.25, -0.2) is 0 Å². The minimum Gasteiger partial charge on any atom is -0.350 e. The highest BCUT2D eigenvalue weighted by Gasteiger charge is 2.24. The molecule has 0 bridgehead atoms. The molecule has 0 aliphatic carbocycles. The van der Waals surface area contributed by atoms with Crippen LogP contribution in [-0.4, -0.2) is 42.8 Å². The summed E-state index contributed by atoms with van der Waals surface area (Å²) in [5, 5.41) is 5.47. The Morgan fingerprint density at radius 1 is 1.08 bits per heavy atom. The van der Waals surface area contributed by atoms with Gasteiger partial charge in [-0.15, -0.1) is 0 Å². The van der Waals surface area contributed by atoms with Gasteiger partial charge in [0.25, 0.3) is 5.91 Å². The molecule has 2 N–H and O–H groups in total. The molecule has 0 spiro atoms. The van der Waals surface area contributed by atoms with Gasteiger partial charge in [0, 0.05) is 31.6 Å². The molecule has 0 heterocycles. The summed E-state index contributed by atoms with van der Waals surface area (Å²) < 4.78 is 0. The van der Waals surface area contributed by atoms with Gasteiger partial charge in [0.1, 0.15) is 6.04 Å². The van der Waals surface area contributed by atoms with Gasteiger partial charge in [0.15, 0.2) is 0 Å². The number of nitrogens with one attached hydrogen (secondary N) is 2. The van der Waals surface area contributed by atoms with Crippen molar-refractivity contribution in [2.75, 3.05) is 14.1 Å². The molecule has 1 rings (SSSR count). The van der Waals surface area contributed by atoms with E-state index in [0.29, 0.717) is 12.1 Å². The number of hydrogen-bond acceptors (Lipinski definition) is 3. The largest absolute Gasteiger partial charge is 0.350 e. The van der Waals surface area contributed by atoms with E-state index >= 15 is 0 Å². The minimum atomic E-state index is -0.605. The number of carbonyl (C=O) groups is 3. The van der Waals surface area contributed by atoms with Crippen molar-refractivity contribution in [3.05, 3.63) is 35.4 Å². The van der Waals surface area contributed by atoms with Crippen molar-refractivity contribution in [1.29, 1.82) is 0 Å². The SMILES string of the molecule is CC(NC(=O)C(C)(C)C)C(=O)NCc1ccc(C(=O)N(C)C)cc1. The molecule has 3 amide bonds. The zero-order valence-corrected chi connectivity index (χ0v) is 15.3. The molecule has 0 aliphatic rings. The average molecular weight is 333 g/mol. The predicted molar refractivity (Wildman–Crippen MR) is 93.4 cm³/mol. The highest BCUT2D eigenvalue weighted by Crippen LogP contribution is 2.12. The van der Waals surface area contributed by atoms with Gasteiger partial charge < -0.3 is 15.5 Å². The lowest BCUT2D eigenvalue weighted by atomic mass is 9.95. The van der Waals surface area contributed by atoms with Gasteiger partial charge >= 0.3 is 0 Å². The average Bonchev–Trinajstić information content (AvgIpc) is 2.51. The van der Waals surface area contributed by atoms with Gasteiger partial charge in [-0.3, -0.25) is 14.4 Å². The van der Waals surface area contributed by atoms with E-state index in [9.17, 15) is 14.4 Å². The third-order valence-corrected chi connectivity index (χ3v) is 3.50. The molecule has 1 aromatic rings. The first-order chi connectivity index (χ1) is 11.0. The number of hydrogen-bond donors (Lipinski definition) is 2. The summed E-state index contributed by atoms with van der Waals surface area (Å²) in [5.41, 5.74) is 0.942. The molecule has 6 nitrogen and oxygen atoms in total. The van der Waals surface area contributed by atoms with Gasteiger partial charge in [-0.2, -0.15) is 0 Å². The summed E-state index contributed by atoms with van der Waals surface area (Å²) in [6.07, 6.45) is 0. The maximum atomic E-state index is 12.1. The van der Waals surface area contributed by atoms with E-state index in [1.165, 1.54) is 4.90 Å². The Kier molecular flexibility index (Phi) is 6.51. The summed E-state index contributed by atoms with van der Waals surface area (Å²) in [6.45, 7) is 7.37. The minimum absolute atomic E-state index is 0.0656. The zero-order valence-electron chi connectivity index (χ0n) is 15.3. The molecule has 1 unspecified atom stereocenters. The molecule has 0 radical (unpaired) electrons. The highest BCUT2D eigenvalue weighted by molar-refractivity contribution is 5.94. The van der Waals surface area contributed by atoms with Crippen LogP contribution in [0.15, 0.2) is 24.3 Å². The Morgan fingerprint density at radius 3 is 2.08 bits per heavy atom. The maximum absolute atomic E-state index is 12.1. The first-order valence-electron chi connectivity index (χ1n) is 7.91. The van der Waals surface area contributed by atoms with E-state index in [2.05, 4.69) is 10.6 Å². The first kappa shape index (κ1) is 19.7. The number of nitrogens with zero attached hydrogens (tertiary/aromatic N) is 1. The second-order valence-electron chi connectivity index (χ2n) is 7.06. The quantitative estimate of drug-likeness (QED) is 0.858. The molecular formula is C18H27N3O3. The summed E-state index contributed by atoms with van der Waals surface area (Å²) in [7, 11) is 3.40. The fraction of sp³-hybridized carbons (Fsp3) is 0.500. The van der Waals surface area contributed by atoms with E-state index in [0.717, 1.165) is 5.56 Å². The molecule has 0 saturated carbocycles. The predicted octanol–water partition coefficient (Wildman–Crippen LogP) is 1.56. The Labute approximate surface area is 143 Å². The van der Waals surface area contributed by atoms with Crippen LogP contribution in [0.25, 0.3) is 0 Å². The molecular weight excluding hydrogens is 306 g/mol. The molecule has 0 fully saturated rings. The Bertz CT molecular complexity index is 601. The number of rotatable bonds is 5. The number of amides is 3. The molecule has 1 atom stereocenters. The summed E-state index contributed by atoms with van der Waals surface area (Å²) in [5.74, 6) is -0.484. The van der Waals surface area contributed by atoms with Crippen LogP contribution in [0.5, 0.6) is 0 Å². The van der Waals surface area contributed by atoms with Gasteiger partial charge in [-0.05, 0) is 24.6 Å². The van der Waals surface area contributed by atoms with Gasteiger partial charge in [0.05, 0.1) is 0 Å². The number of benzene rings is 1. The molecule has 132 valence electrons. The lowest BCUT2D eigenvalue weighted by molar-refractivity contribution is -0.133. The third kappa shape index (κ3) is 5.68. The normalized spacial score (nSPS) is 12.2. The Morgan fingerprint density at radius 2 is 1.62 bits per heavy atom. The standard InChI is InChI=1S/C18H27N3O3/c1-12(20-17(24)18(2,3)4)15(22)19-11-13-7-9-14(10-8-13)16(23)21(5)6/h7-10,12H,11H2,1-6H3,(H,19,22)(H,20,24). The maximum Gasteiger partial charge on any atom is 0.253 e. The van der Waals surface area contributed by atoms with E-state index in [1.54, 1.807) is 66.1 Å². The third-order valence-electron chi connectivity index (χ3n) is 3.50. The zero-order chi connectivity index (χ0) is 18.5. The van der Waals surface area contributed by atoms with E-state index in [4.69, 9.17) is 0 Å². The van der Waals surface area contributed by atoms with Crippen molar-refractivity contribution in [1.82, 2.24) is 15.5 Å². The van der Waals surface area contributed by atoms with Crippen molar-refractivity contribution in [3.8, 4) is 0 Å². The molecule has 0 aliphatic heterocycles.